The van der Waals surface area contributed by atoms with Crippen LogP contribution in [0.2, 0.25) is 5.15 Å². The molecule has 0 saturated heterocycles. The number of hydrogen-bond donors (Lipinski definition) is 1. The van der Waals surface area contributed by atoms with Gasteiger partial charge in [0.05, 0.1) is 6.61 Å². The Labute approximate surface area is 113 Å². The Bertz CT molecular complexity index is 539. The molecule has 3 nitrogen and oxygen atoms in total. The summed E-state index contributed by atoms with van der Waals surface area (Å²) in [7, 11) is 1.85. The highest BCUT2D eigenvalue weighted by atomic mass is 79.9. The van der Waals surface area contributed by atoms with Gasteiger partial charge in [-0.25, -0.2) is 4.98 Å². The molecule has 2 rings (SSSR count). The van der Waals surface area contributed by atoms with Crippen LogP contribution in [-0.4, -0.2) is 21.3 Å². The molecule has 1 aromatic carbocycles. The first-order chi connectivity index (χ1) is 8.13. The molecule has 1 N–H and O–H groups in total. The van der Waals surface area contributed by atoms with Gasteiger partial charge in [-0.15, -0.1) is 0 Å². The van der Waals surface area contributed by atoms with Gasteiger partial charge in [-0.1, -0.05) is 39.7 Å². The monoisotopic (exact) mass is 314 g/mol. The highest BCUT2D eigenvalue weighted by Crippen LogP contribution is 2.29. The van der Waals surface area contributed by atoms with Gasteiger partial charge in [0.1, 0.15) is 16.7 Å². The zero-order valence-corrected chi connectivity index (χ0v) is 11.7. The average Bonchev–Trinajstić information content (AvgIpc) is 2.58. The Balaban J connectivity index is 2.49. The molecule has 0 atom stereocenters. The largest absolute Gasteiger partial charge is 0.396 e. The minimum absolute atomic E-state index is 0.0686. The second-order valence-corrected chi connectivity index (χ2v) is 4.98. The van der Waals surface area contributed by atoms with E-state index in [4.69, 9.17) is 16.7 Å². The van der Waals surface area contributed by atoms with Crippen molar-refractivity contribution in [1.82, 2.24) is 9.55 Å². The summed E-state index contributed by atoms with van der Waals surface area (Å²) < 4.78 is 2.79. The Morgan fingerprint density at radius 3 is 2.88 bits per heavy atom. The van der Waals surface area contributed by atoms with E-state index >= 15 is 0 Å². The SMILES string of the molecule is Cn1c(CCO)nc(-c2cccc(Br)c2)c1Cl. The number of aliphatic hydroxyl groups is 1. The molecule has 0 saturated carbocycles. The topological polar surface area (TPSA) is 38.0 Å². The zero-order chi connectivity index (χ0) is 12.4. The Hall–Kier alpha value is -0.840. The molecule has 0 unspecified atom stereocenters. The fraction of sp³-hybridized carbons (Fsp3) is 0.250. The van der Waals surface area contributed by atoms with Crippen LogP contribution in [0.1, 0.15) is 5.82 Å². The quantitative estimate of drug-likeness (QED) is 0.945. The summed E-state index contributed by atoms with van der Waals surface area (Å²) in [6, 6.07) is 7.82. The highest BCUT2D eigenvalue weighted by molar-refractivity contribution is 9.10. The van der Waals surface area contributed by atoms with Crippen LogP contribution in [0.5, 0.6) is 0 Å². The molecule has 2 aromatic rings. The van der Waals surface area contributed by atoms with Gasteiger partial charge in [-0.2, -0.15) is 0 Å². The van der Waals surface area contributed by atoms with Crippen molar-refractivity contribution in [3.8, 4) is 11.3 Å². The molecule has 5 heteroatoms. The third kappa shape index (κ3) is 2.54. The van der Waals surface area contributed by atoms with E-state index in [9.17, 15) is 0 Å². The maximum absolute atomic E-state index is 8.96. The summed E-state index contributed by atoms with van der Waals surface area (Å²) in [6.07, 6.45) is 0.504. The van der Waals surface area contributed by atoms with Crippen LogP contribution < -0.4 is 0 Å². The van der Waals surface area contributed by atoms with Gasteiger partial charge in [0.25, 0.3) is 0 Å². The van der Waals surface area contributed by atoms with Gasteiger partial charge < -0.3 is 9.67 Å². The molecule has 0 aliphatic carbocycles. The van der Waals surface area contributed by atoms with Crippen LogP contribution >= 0.6 is 27.5 Å². The van der Waals surface area contributed by atoms with E-state index in [-0.39, 0.29) is 6.61 Å². The van der Waals surface area contributed by atoms with Gasteiger partial charge in [0, 0.05) is 23.5 Å². The van der Waals surface area contributed by atoms with Crippen molar-refractivity contribution in [1.29, 1.82) is 0 Å². The van der Waals surface area contributed by atoms with Crippen LogP contribution in [0, 0.1) is 0 Å². The van der Waals surface area contributed by atoms with E-state index in [0.29, 0.717) is 11.6 Å². The number of halogens is 2. The molecule has 1 aromatic heterocycles. The van der Waals surface area contributed by atoms with Crippen molar-refractivity contribution < 1.29 is 5.11 Å². The van der Waals surface area contributed by atoms with Gasteiger partial charge in [-0.3, -0.25) is 0 Å². The van der Waals surface area contributed by atoms with Gasteiger partial charge >= 0.3 is 0 Å². The standard InChI is InChI=1S/C12H12BrClN2O/c1-16-10(5-6-17)15-11(12(16)14)8-3-2-4-9(13)7-8/h2-4,7,17H,5-6H2,1H3. The van der Waals surface area contributed by atoms with Gasteiger partial charge in [0.15, 0.2) is 0 Å². The third-order valence-corrected chi connectivity index (χ3v) is 3.48. The second-order valence-electron chi connectivity index (χ2n) is 3.71. The number of imidazole rings is 1. The summed E-state index contributed by atoms with van der Waals surface area (Å²) in [5.74, 6) is 0.785. The number of nitrogens with zero attached hydrogens (tertiary/aromatic N) is 2. The highest BCUT2D eigenvalue weighted by Gasteiger charge is 2.14. The number of hydrogen-bond acceptors (Lipinski definition) is 2. The Morgan fingerprint density at radius 1 is 1.47 bits per heavy atom. The molecule has 0 fully saturated rings. The van der Waals surface area contributed by atoms with E-state index < -0.39 is 0 Å². The minimum atomic E-state index is 0.0686. The molecule has 0 bridgehead atoms. The average molecular weight is 316 g/mol. The zero-order valence-electron chi connectivity index (χ0n) is 9.32. The summed E-state index contributed by atoms with van der Waals surface area (Å²) in [5, 5.41) is 9.54. The maximum atomic E-state index is 8.96. The van der Waals surface area contributed by atoms with E-state index in [2.05, 4.69) is 20.9 Å². The molecule has 17 heavy (non-hydrogen) atoms. The molecule has 0 aliphatic heterocycles. The molecule has 0 amide bonds. The predicted molar refractivity (Wildman–Crippen MR) is 72.1 cm³/mol. The maximum Gasteiger partial charge on any atom is 0.136 e. The molecule has 1 heterocycles. The number of aliphatic hydroxyl groups excluding tert-OH is 1. The molecular formula is C12H12BrClN2O. The van der Waals surface area contributed by atoms with Crippen LogP contribution in [0.4, 0.5) is 0 Å². The van der Waals surface area contributed by atoms with Crippen molar-refractivity contribution in [2.75, 3.05) is 6.61 Å². The number of benzene rings is 1. The molecule has 0 aliphatic rings. The van der Waals surface area contributed by atoms with Gasteiger partial charge in [-0.05, 0) is 12.1 Å². The van der Waals surface area contributed by atoms with E-state index in [1.807, 2.05) is 31.3 Å². The summed E-state index contributed by atoms with van der Waals surface area (Å²) in [6.45, 7) is 0.0686. The molecular weight excluding hydrogens is 304 g/mol. The first-order valence-electron chi connectivity index (χ1n) is 5.21. The Kier molecular flexibility index (Phi) is 3.86. The lowest BCUT2D eigenvalue weighted by Crippen LogP contribution is -2.00. The van der Waals surface area contributed by atoms with Crippen LogP contribution in [0.15, 0.2) is 28.7 Å². The lowest BCUT2D eigenvalue weighted by atomic mass is 10.2. The van der Waals surface area contributed by atoms with Crippen molar-refractivity contribution >= 4 is 27.5 Å². The molecule has 0 spiro atoms. The van der Waals surface area contributed by atoms with Crippen LogP contribution in [0.25, 0.3) is 11.3 Å². The minimum Gasteiger partial charge on any atom is -0.396 e. The van der Waals surface area contributed by atoms with Crippen LogP contribution in [-0.2, 0) is 13.5 Å². The lowest BCUT2D eigenvalue weighted by Gasteiger charge is -1.99. The van der Waals surface area contributed by atoms with Crippen molar-refractivity contribution in [3.63, 3.8) is 0 Å². The van der Waals surface area contributed by atoms with E-state index in [0.717, 1.165) is 21.6 Å². The van der Waals surface area contributed by atoms with Crippen molar-refractivity contribution in [2.45, 2.75) is 6.42 Å². The van der Waals surface area contributed by atoms with Crippen molar-refractivity contribution in [2.24, 2.45) is 7.05 Å². The molecule has 90 valence electrons. The normalized spacial score (nSPS) is 10.8. The Morgan fingerprint density at radius 2 is 2.24 bits per heavy atom. The summed E-state index contributed by atoms with van der Waals surface area (Å²) in [5.41, 5.74) is 1.71. The predicted octanol–water partition coefficient (Wildman–Crippen LogP) is 3.04. The molecule has 0 radical (unpaired) electrons. The van der Waals surface area contributed by atoms with Gasteiger partial charge in [0.2, 0.25) is 0 Å². The first kappa shape index (κ1) is 12.6. The fourth-order valence-corrected chi connectivity index (χ4v) is 2.31. The third-order valence-electron chi connectivity index (χ3n) is 2.55. The second kappa shape index (κ2) is 5.21. The summed E-state index contributed by atoms with van der Waals surface area (Å²) in [4.78, 5) is 4.46. The fourth-order valence-electron chi connectivity index (χ4n) is 1.67. The lowest BCUT2D eigenvalue weighted by molar-refractivity contribution is 0.295. The van der Waals surface area contributed by atoms with Crippen LogP contribution in [0.3, 0.4) is 0 Å². The summed E-state index contributed by atoms with van der Waals surface area (Å²) >= 11 is 9.66. The van der Waals surface area contributed by atoms with Crippen molar-refractivity contribution in [3.05, 3.63) is 39.7 Å². The smallest absolute Gasteiger partial charge is 0.136 e. The number of rotatable bonds is 3. The first-order valence-corrected chi connectivity index (χ1v) is 6.38. The van der Waals surface area contributed by atoms with E-state index in [1.54, 1.807) is 4.57 Å². The van der Waals surface area contributed by atoms with E-state index in [1.165, 1.54) is 0 Å². The number of aromatic nitrogens is 2.